The number of hydrogen-bond donors (Lipinski definition) is 0. The first kappa shape index (κ1) is 22.3. The summed E-state index contributed by atoms with van der Waals surface area (Å²) in [5.74, 6) is 2.39. The Labute approximate surface area is 191 Å². The van der Waals surface area contributed by atoms with E-state index in [1.165, 1.54) is 13.8 Å². The average Bonchev–Trinajstić information content (AvgIpc) is 3.35. The van der Waals surface area contributed by atoms with E-state index in [9.17, 15) is 9.59 Å². The van der Waals surface area contributed by atoms with Crippen LogP contribution >= 0.6 is 11.8 Å². The molecule has 2 aromatic carbocycles. The Morgan fingerprint density at radius 3 is 2.62 bits per heavy atom. The Morgan fingerprint density at radius 2 is 1.91 bits per heavy atom. The molecule has 2 aromatic rings. The molecule has 8 heteroatoms. The largest absolute Gasteiger partial charge is 0.496 e. The van der Waals surface area contributed by atoms with Crippen LogP contribution in [0.4, 0.5) is 0 Å². The molecular weight excluding hydrogens is 432 g/mol. The Balaban J connectivity index is 1.56. The van der Waals surface area contributed by atoms with Gasteiger partial charge in [-0.2, -0.15) is 0 Å². The molecule has 170 valence electrons. The van der Waals surface area contributed by atoms with Gasteiger partial charge in [0.25, 0.3) is 0 Å². The molecule has 0 N–H and O–H groups in total. The van der Waals surface area contributed by atoms with Crippen LogP contribution in [0.25, 0.3) is 0 Å². The molecule has 0 aromatic heterocycles. The minimum atomic E-state index is -0.349. The van der Waals surface area contributed by atoms with Crippen molar-refractivity contribution < 1.29 is 33.3 Å². The fourth-order valence-corrected chi connectivity index (χ4v) is 4.93. The second-order valence-electron chi connectivity index (χ2n) is 7.92. The minimum Gasteiger partial charge on any atom is -0.496 e. The predicted octanol–water partition coefficient (Wildman–Crippen LogP) is 4.49. The third-order valence-corrected chi connectivity index (χ3v) is 6.43. The molecule has 0 bridgehead atoms. The molecule has 0 aliphatic carbocycles. The second kappa shape index (κ2) is 9.32. The van der Waals surface area contributed by atoms with E-state index in [1.54, 1.807) is 7.11 Å². The van der Waals surface area contributed by atoms with Crippen molar-refractivity contribution in [2.45, 2.75) is 56.6 Å². The number of carbonyl (C=O) groups excluding carboxylic acids is 2. The predicted molar refractivity (Wildman–Crippen MR) is 119 cm³/mol. The number of ether oxygens (including phenoxy) is 5. The highest BCUT2D eigenvalue weighted by atomic mass is 32.2. The lowest BCUT2D eigenvalue weighted by molar-refractivity contribution is -0.146. The number of hydrogen-bond acceptors (Lipinski definition) is 8. The van der Waals surface area contributed by atoms with Crippen molar-refractivity contribution >= 4 is 22.8 Å². The van der Waals surface area contributed by atoms with Crippen molar-refractivity contribution in [3.8, 4) is 23.0 Å². The Bertz CT molecular complexity index is 1040. The number of rotatable bonds is 7. The van der Waals surface area contributed by atoms with E-state index in [-0.39, 0.29) is 36.0 Å². The van der Waals surface area contributed by atoms with Gasteiger partial charge in [-0.05, 0) is 54.9 Å². The van der Waals surface area contributed by atoms with Gasteiger partial charge in [0.05, 0.1) is 12.0 Å². The van der Waals surface area contributed by atoms with Crippen LogP contribution in [0, 0.1) is 0 Å². The van der Waals surface area contributed by atoms with E-state index in [1.807, 2.05) is 37.3 Å². The third kappa shape index (κ3) is 4.80. The number of fused-ring (bicyclic) bond motifs is 2. The molecule has 2 aliphatic rings. The van der Waals surface area contributed by atoms with Crippen molar-refractivity contribution in [1.82, 2.24) is 0 Å². The quantitative estimate of drug-likeness (QED) is 0.444. The van der Waals surface area contributed by atoms with E-state index in [0.717, 1.165) is 33.5 Å². The highest BCUT2D eigenvalue weighted by Crippen LogP contribution is 2.43. The van der Waals surface area contributed by atoms with Gasteiger partial charge in [-0.15, -0.1) is 0 Å². The Kier molecular flexibility index (Phi) is 6.50. The summed E-state index contributed by atoms with van der Waals surface area (Å²) < 4.78 is 28.2. The highest BCUT2D eigenvalue weighted by Gasteiger charge is 2.32. The monoisotopic (exact) mass is 458 g/mol. The fourth-order valence-electron chi connectivity index (χ4n) is 4.21. The van der Waals surface area contributed by atoms with Crippen LogP contribution in [0.3, 0.4) is 0 Å². The van der Waals surface area contributed by atoms with Crippen LogP contribution in [0.2, 0.25) is 0 Å². The summed E-state index contributed by atoms with van der Waals surface area (Å²) in [6, 6.07) is 9.60. The zero-order valence-electron chi connectivity index (χ0n) is 18.5. The summed E-state index contributed by atoms with van der Waals surface area (Å²) in [7, 11) is 1.59. The molecule has 3 atom stereocenters. The molecule has 0 fully saturated rings. The number of esters is 1. The van der Waals surface area contributed by atoms with Gasteiger partial charge in [-0.1, -0.05) is 6.07 Å². The van der Waals surface area contributed by atoms with Crippen molar-refractivity contribution in [2.24, 2.45) is 0 Å². The van der Waals surface area contributed by atoms with Crippen LogP contribution in [0.15, 0.2) is 35.2 Å². The lowest BCUT2D eigenvalue weighted by atomic mass is 9.87. The maximum absolute atomic E-state index is 11.6. The van der Waals surface area contributed by atoms with Crippen molar-refractivity contribution in [3.05, 3.63) is 41.5 Å². The Morgan fingerprint density at radius 1 is 1.12 bits per heavy atom. The molecule has 0 radical (unpaired) electrons. The number of benzene rings is 2. The van der Waals surface area contributed by atoms with Gasteiger partial charge in [-0.3, -0.25) is 9.59 Å². The summed E-state index contributed by atoms with van der Waals surface area (Å²) in [6.45, 7) is 5.03. The first-order valence-electron chi connectivity index (χ1n) is 10.5. The van der Waals surface area contributed by atoms with Crippen LogP contribution < -0.4 is 18.9 Å². The molecule has 0 saturated carbocycles. The molecule has 0 amide bonds. The summed E-state index contributed by atoms with van der Waals surface area (Å²) in [6.07, 6.45) is 0.879. The van der Waals surface area contributed by atoms with Crippen LogP contribution in [0.5, 0.6) is 23.0 Å². The highest BCUT2D eigenvalue weighted by molar-refractivity contribution is 8.13. The van der Waals surface area contributed by atoms with Gasteiger partial charge in [0.2, 0.25) is 6.79 Å². The minimum absolute atomic E-state index is 0.0177. The lowest BCUT2D eigenvalue weighted by Gasteiger charge is -2.26. The number of thioether (sulfide) groups is 1. The second-order valence-corrected chi connectivity index (χ2v) is 9.14. The van der Waals surface area contributed by atoms with Gasteiger partial charge in [0.15, 0.2) is 16.6 Å². The normalized spacial score (nSPS) is 17.8. The maximum Gasteiger partial charge on any atom is 0.302 e. The van der Waals surface area contributed by atoms with Crippen LogP contribution in [0.1, 0.15) is 44.2 Å². The first-order chi connectivity index (χ1) is 15.3. The summed E-state index contributed by atoms with van der Waals surface area (Å²) in [5.41, 5.74) is 2.03. The average molecular weight is 459 g/mol. The molecule has 1 unspecified atom stereocenters. The summed E-state index contributed by atoms with van der Waals surface area (Å²) in [5, 5.41) is -0.0177. The standard InChI is InChI=1S/C24H26O7S/c1-13(30-14(2)25)19(16-5-6-20-22(8-16)29-12-28-20)10-18-7-17-9-23(27-4)24(32-15(3)26)11-21(17)31-18/h5-6,8-9,11,13,18-19H,7,10,12H2,1-4H3/t13?,18-,19+/m1/s1. The van der Waals surface area contributed by atoms with Gasteiger partial charge in [0, 0.05) is 31.7 Å². The molecule has 7 nitrogen and oxygen atoms in total. The van der Waals surface area contributed by atoms with E-state index in [4.69, 9.17) is 23.7 Å². The van der Waals surface area contributed by atoms with Crippen molar-refractivity contribution in [1.29, 1.82) is 0 Å². The molecule has 0 saturated heterocycles. The number of carbonyl (C=O) groups is 2. The molecular formula is C24H26O7S. The van der Waals surface area contributed by atoms with Gasteiger partial charge >= 0.3 is 5.97 Å². The molecule has 32 heavy (non-hydrogen) atoms. The van der Waals surface area contributed by atoms with Gasteiger partial charge < -0.3 is 23.7 Å². The lowest BCUT2D eigenvalue weighted by Crippen LogP contribution is -2.27. The third-order valence-electron chi connectivity index (χ3n) is 5.60. The summed E-state index contributed by atoms with van der Waals surface area (Å²) in [4.78, 5) is 24.0. The van der Waals surface area contributed by atoms with Crippen LogP contribution in [-0.4, -0.2) is 37.2 Å². The van der Waals surface area contributed by atoms with Crippen LogP contribution in [-0.2, 0) is 20.7 Å². The fraction of sp³-hybridized carbons (Fsp3) is 0.417. The topological polar surface area (TPSA) is 80.3 Å². The molecule has 4 rings (SSSR count). The smallest absolute Gasteiger partial charge is 0.302 e. The van der Waals surface area contributed by atoms with E-state index in [0.29, 0.717) is 30.1 Å². The van der Waals surface area contributed by atoms with E-state index in [2.05, 4.69) is 0 Å². The van der Waals surface area contributed by atoms with Crippen molar-refractivity contribution in [3.63, 3.8) is 0 Å². The zero-order valence-corrected chi connectivity index (χ0v) is 19.3. The van der Waals surface area contributed by atoms with Crippen molar-refractivity contribution in [2.75, 3.05) is 13.9 Å². The maximum atomic E-state index is 11.6. The first-order valence-corrected chi connectivity index (χ1v) is 11.3. The Hall–Kier alpha value is -2.87. The molecule has 0 spiro atoms. The van der Waals surface area contributed by atoms with E-state index >= 15 is 0 Å². The van der Waals surface area contributed by atoms with E-state index < -0.39 is 0 Å². The SMILES string of the molecule is COc1cc2c(cc1SC(C)=O)O[C@@H](C[C@H](c1ccc3c(c1)OCO3)C(C)OC(C)=O)C2. The molecule has 2 heterocycles. The van der Waals surface area contributed by atoms with Gasteiger partial charge in [0.1, 0.15) is 23.7 Å². The van der Waals surface area contributed by atoms with Gasteiger partial charge in [-0.25, -0.2) is 0 Å². The zero-order chi connectivity index (χ0) is 22.8. The molecule has 2 aliphatic heterocycles. The summed E-state index contributed by atoms with van der Waals surface area (Å²) >= 11 is 1.12. The number of methoxy groups -OCH3 is 1.